The second kappa shape index (κ2) is 8.59. The fourth-order valence-corrected chi connectivity index (χ4v) is 3.06. The molecule has 0 radical (unpaired) electrons. The number of carbonyl (C=O) groups is 1. The SMILES string of the molecule is CC(C)c1nc(Cc2ccc(NC(=O)CN(C)S(=O)(=O)N(C)C)cc2)no1. The van der Waals surface area contributed by atoms with E-state index in [2.05, 4.69) is 15.5 Å². The summed E-state index contributed by atoms with van der Waals surface area (Å²) in [6.07, 6.45) is 0.522. The Balaban J connectivity index is 1.94. The molecule has 9 nitrogen and oxygen atoms in total. The fourth-order valence-electron chi connectivity index (χ4n) is 2.23. The van der Waals surface area contributed by atoms with Crippen molar-refractivity contribution in [3.63, 3.8) is 0 Å². The Morgan fingerprint density at radius 1 is 1.19 bits per heavy atom. The number of likely N-dealkylation sites (N-methyl/N-ethyl adjacent to an activating group) is 1. The molecule has 1 N–H and O–H groups in total. The maximum atomic E-state index is 12.1. The maximum Gasteiger partial charge on any atom is 0.281 e. The van der Waals surface area contributed by atoms with Gasteiger partial charge in [0, 0.05) is 39.2 Å². The highest BCUT2D eigenvalue weighted by Gasteiger charge is 2.22. The van der Waals surface area contributed by atoms with Crippen LogP contribution in [0.3, 0.4) is 0 Å². The van der Waals surface area contributed by atoms with Crippen molar-refractivity contribution in [2.75, 3.05) is 33.0 Å². The minimum Gasteiger partial charge on any atom is -0.339 e. The van der Waals surface area contributed by atoms with Crippen LogP contribution in [0.2, 0.25) is 0 Å². The van der Waals surface area contributed by atoms with Gasteiger partial charge in [-0.1, -0.05) is 31.1 Å². The normalized spacial score (nSPS) is 12.1. The Hall–Kier alpha value is -2.30. The summed E-state index contributed by atoms with van der Waals surface area (Å²) in [6.45, 7) is 3.69. The van der Waals surface area contributed by atoms with E-state index in [1.807, 2.05) is 26.0 Å². The lowest BCUT2D eigenvalue weighted by molar-refractivity contribution is -0.116. The number of rotatable bonds is 8. The van der Waals surface area contributed by atoms with Crippen LogP contribution in [0.4, 0.5) is 5.69 Å². The highest BCUT2D eigenvalue weighted by Crippen LogP contribution is 2.15. The number of amides is 1. The molecule has 2 rings (SSSR count). The van der Waals surface area contributed by atoms with Crippen molar-refractivity contribution in [1.82, 2.24) is 18.8 Å². The quantitative estimate of drug-likeness (QED) is 0.725. The largest absolute Gasteiger partial charge is 0.339 e. The number of benzene rings is 1. The second-order valence-electron chi connectivity index (χ2n) is 6.67. The molecule has 1 amide bonds. The zero-order valence-electron chi connectivity index (χ0n) is 16.1. The first kappa shape index (κ1) is 21.0. The van der Waals surface area contributed by atoms with E-state index in [1.54, 1.807) is 12.1 Å². The number of aromatic nitrogens is 2. The molecule has 148 valence electrons. The third kappa shape index (κ3) is 5.59. The molecule has 0 unspecified atom stereocenters. The van der Waals surface area contributed by atoms with Gasteiger partial charge in [-0.2, -0.15) is 22.0 Å². The average Bonchev–Trinajstić information content (AvgIpc) is 3.05. The first-order valence-corrected chi connectivity index (χ1v) is 9.84. The maximum absolute atomic E-state index is 12.1. The van der Waals surface area contributed by atoms with Gasteiger partial charge in [0.1, 0.15) is 0 Å². The van der Waals surface area contributed by atoms with Gasteiger partial charge in [0.05, 0.1) is 6.54 Å². The van der Waals surface area contributed by atoms with E-state index in [0.717, 1.165) is 14.2 Å². The van der Waals surface area contributed by atoms with E-state index in [-0.39, 0.29) is 12.5 Å². The standard InChI is InChI=1S/C17H25N5O4S/c1-12(2)17-19-15(20-26-17)10-13-6-8-14(9-7-13)18-16(23)11-22(5)27(24,25)21(3)4/h6-9,12H,10-11H2,1-5H3,(H,18,23). The van der Waals surface area contributed by atoms with Gasteiger partial charge in [-0.05, 0) is 17.7 Å². The fraction of sp³-hybridized carbons (Fsp3) is 0.471. The number of nitrogens with one attached hydrogen (secondary N) is 1. The Bertz CT molecular complexity index is 875. The molecule has 1 heterocycles. The minimum absolute atomic E-state index is 0.179. The van der Waals surface area contributed by atoms with Gasteiger partial charge < -0.3 is 9.84 Å². The third-order valence-corrected chi connectivity index (χ3v) is 5.64. The molecule has 10 heteroatoms. The van der Waals surface area contributed by atoms with Crippen LogP contribution in [0.25, 0.3) is 0 Å². The lowest BCUT2D eigenvalue weighted by Gasteiger charge is -2.20. The van der Waals surface area contributed by atoms with Crippen molar-refractivity contribution in [1.29, 1.82) is 0 Å². The molecular formula is C17H25N5O4S. The van der Waals surface area contributed by atoms with Gasteiger partial charge in [-0.3, -0.25) is 4.79 Å². The Morgan fingerprint density at radius 3 is 2.33 bits per heavy atom. The van der Waals surface area contributed by atoms with Crippen molar-refractivity contribution in [2.45, 2.75) is 26.2 Å². The van der Waals surface area contributed by atoms with Gasteiger partial charge in [0.15, 0.2) is 5.82 Å². The monoisotopic (exact) mass is 395 g/mol. The topological polar surface area (TPSA) is 109 Å². The van der Waals surface area contributed by atoms with Gasteiger partial charge in [0.2, 0.25) is 11.8 Å². The molecule has 0 saturated carbocycles. The van der Waals surface area contributed by atoms with Crippen molar-refractivity contribution in [3.05, 3.63) is 41.5 Å². The van der Waals surface area contributed by atoms with Gasteiger partial charge in [0.25, 0.3) is 10.2 Å². The van der Waals surface area contributed by atoms with E-state index in [1.165, 1.54) is 21.1 Å². The summed E-state index contributed by atoms with van der Waals surface area (Å²) >= 11 is 0. The summed E-state index contributed by atoms with van der Waals surface area (Å²) in [5, 5.41) is 6.63. The van der Waals surface area contributed by atoms with Crippen LogP contribution in [0.5, 0.6) is 0 Å². The van der Waals surface area contributed by atoms with Crippen molar-refractivity contribution >= 4 is 21.8 Å². The molecule has 0 fully saturated rings. The molecule has 1 aromatic carbocycles. The van der Waals surface area contributed by atoms with Crippen molar-refractivity contribution < 1.29 is 17.7 Å². The van der Waals surface area contributed by atoms with E-state index in [4.69, 9.17) is 4.52 Å². The van der Waals surface area contributed by atoms with Crippen LogP contribution < -0.4 is 5.32 Å². The molecular weight excluding hydrogens is 370 g/mol. The average molecular weight is 395 g/mol. The van der Waals surface area contributed by atoms with Gasteiger partial charge >= 0.3 is 0 Å². The molecule has 1 aromatic heterocycles. The Kier molecular flexibility index (Phi) is 6.68. The van der Waals surface area contributed by atoms with Crippen LogP contribution in [-0.2, 0) is 21.4 Å². The summed E-state index contributed by atoms with van der Waals surface area (Å²) in [6, 6.07) is 7.19. The summed E-state index contributed by atoms with van der Waals surface area (Å²) in [4.78, 5) is 16.4. The predicted molar refractivity (Wildman–Crippen MR) is 102 cm³/mol. The molecule has 0 aliphatic heterocycles. The number of hydrogen-bond acceptors (Lipinski definition) is 6. The predicted octanol–water partition coefficient (Wildman–Crippen LogP) is 1.46. The minimum atomic E-state index is -3.63. The first-order chi connectivity index (χ1) is 12.6. The highest BCUT2D eigenvalue weighted by molar-refractivity contribution is 7.86. The van der Waals surface area contributed by atoms with Crippen LogP contribution in [0, 0.1) is 0 Å². The van der Waals surface area contributed by atoms with Crippen LogP contribution in [0.1, 0.15) is 37.0 Å². The first-order valence-electron chi connectivity index (χ1n) is 8.44. The smallest absolute Gasteiger partial charge is 0.281 e. The third-order valence-electron chi connectivity index (χ3n) is 3.80. The molecule has 27 heavy (non-hydrogen) atoms. The summed E-state index contributed by atoms with van der Waals surface area (Å²) < 4.78 is 31.1. The van der Waals surface area contributed by atoms with Crippen LogP contribution >= 0.6 is 0 Å². The summed E-state index contributed by atoms with van der Waals surface area (Å²) in [7, 11) is 0.555. The van der Waals surface area contributed by atoms with Gasteiger partial charge in [-0.15, -0.1) is 0 Å². The van der Waals surface area contributed by atoms with Gasteiger partial charge in [-0.25, -0.2) is 0 Å². The lowest BCUT2D eigenvalue weighted by Crippen LogP contribution is -2.41. The molecule has 0 saturated heterocycles. The highest BCUT2D eigenvalue weighted by atomic mass is 32.2. The number of nitrogens with zero attached hydrogens (tertiary/aromatic N) is 4. The lowest BCUT2D eigenvalue weighted by atomic mass is 10.1. The number of carbonyl (C=O) groups excluding carboxylic acids is 1. The number of hydrogen-bond donors (Lipinski definition) is 1. The van der Waals surface area contributed by atoms with Crippen molar-refractivity contribution in [2.24, 2.45) is 0 Å². The summed E-state index contributed by atoms with van der Waals surface area (Å²) in [5.41, 5.74) is 1.55. The molecule has 2 aromatic rings. The van der Waals surface area contributed by atoms with Crippen LogP contribution in [0.15, 0.2) is 28.8 Å². The van der Waals surface area contributed by atoms with E-state index in [0.29, 0.717) is 23.8 Å². The summed E-state index contributed by atoms with van der Waals surface area (Å²) in [5.74, 6) is 0.963. The molecule has 0 aliphatic rings. The molecule has 0 atom stereocenters. The second-order valence-corrected chi connectivity index (χ2v) is 8.92. The van der Waals surface area contributed by atoms with Crippen molar-refractivity contribution in [3.8, 4) is 0 Å². The molecule has 0 aliphatic carbocycles. The molecule has 0 bridgehead atoms. The van der Waals surface area contributed by atoms with E-state index < -0.39 is 16.1 Å². The Morgan fingerprint density at radius 2 is 1.81 bits per heavy atom. The molecule has 0 spiro atoms. The van der Waals surface area contributed by atoms with E-state index in [9.17, 15) is 13.2 Å². The number of anilines is 1. The van der Waals surface area contributed by atoms with Crippen LogP contribution in [-0.4, -0.2) is 60.8 Å². The zero-order chi connectivity index (χ0) is 20.2. The van der Waals surface area contributed by atoms with E-state index >= 15 is 0 Å². The zero-order valence-corrected chi connectivity index (χ0v) is 16.9. The Labute approximate surface area is 159 Å².